The van der Waals surface area contributed by atoms with Crippen LogP contribution in [0, 0.1) is 0 Å². The Kier molecular flexibility index (Phi) is 3.27. The molecule has 1 aromatic heterocycles. The van der Waals surface area contributed by atoms with Crippen molar-refractivity contribution in [3.8, 4) is 5.69 Å². The lowest BCUT2D eigenvalue weighted by Crippen LogP contribution is -2.24. The second-order valence-corrected chi connectivity index (χ2v) is 4.15. The maximum Gasteiger partial charge on any atom is 0.355 e. The molecule has 1 aromatic carbocycles. The highest BCUT2D eigenvalue weighted by Crippen LogP contribution is 2.28. The molecule has 2 rings (SSSR count). The normalized spacial score (nSPS) is 11.2. The molecule has 0 saturated carbocycles. The van der Waals surface area contributed by atoms with E-state index < -0.39 is 12.2 Å². The number of hydrogen-bond acceptors (Lipinski definition) is 3. The van der Waals surface area contributed by atoms with Crippen LogP contribution in [0.3, 0.4) is 0 Å². The molecule has 0 radical (unpaired) electrons. The molecule has 0 aliphatic rings. The number of halogens is 4. The first kappa shape index (κ1) is 12.8. The molecule has 96 valence electrons. The van der Waals surface area contributed by atoms with Crippen LogP contribution in [-0.4, -0.2) is 14.3 Å². The van der Waals surface area contributed by atoms with Crippen molar-refractivity contribution in [3.05, 3.63) is 39.0 Å². The Hall–Kier alpha value is -1.60. The number of hydrogen-bond donors (Lipinski definition) is 1. The molecule has 0 aliphatic carbocycles. The van der Waals surface area contributed by atoms with E-state index in [2.05, 4.69) is 5.10 Å². The lowest BCUT2D eigenvalue weighted by Gasteiger charge is -2.05. The molecule has 0 saturated heterocycles. The molecule has 5 nitrogen and oxygen atoms in total. The highest BCUT2D eigenvalue weighted by atomic mass is 35.5. The summed E-state index contributed by atoms with van der Waals surface area (Å²) in [5.74, 6) is 0. The Bertz CT molecular complexity index is 653. The zero-order valence-electron chi connectivity index (χ0n) is 8.65. The summed E-state index contributed by atoms with van der Waals surface area (Å²) in [6.07, 6.45) is 0.716. The van der Waals surface area contributed by atoms with Crippen LogP contribution >= 0.6 is 23.2 Å². The lowest BCUT2D eigenvalue weighted by molar-refractivity contribution is 0.0661. The average molecular weight is 295 g/mol. The maximum absolute atomic E-state index is 12.4. The molecule has 0 aliphatic heterocycles. The highest BCUT2D eigenvalue weighted by molar-refractivity contribution is 6.37. The molecule has 0 fully saturated rings. The van der Waals surface area contributed by atoms with Gasteiger partial charge in [0.05, 0.1) is 21.4 Å². The van der Waals surface area contributed by atoms with Gasteiger partial charge in [-0.1, -0.05) is 23.2 Å². The van der Waals surface area contributed by atoms with E-state index in [0.717, 1.165) is 4.68 Å². The second-order valence-electron chi connectivity index (χ2n) is 3.34. The third-order valence-corrected chi connectivity index (χ3v) is 2.83. The maximum atomic E-state index is 12.4. The monoisotopic (exact) mass is 294 g/mol. The predicted molar refractivity (Wildman–Crippen MR) is 63.5 cm³/mol. The van der Waals surface area contributed by atoms with Gasteiger partial charge in [0.1, 0.15) is 6.33 Å². The Balaban J connectivity index is 2.63. The fourth-order valence-corrected chi connectivity index (χ4v) is 1.79. The van der Waals surface area contributed by atoms with Crippen LogP contribution < -0.4 is 11.4 Å². The van der Waals surface area contributed by atoms with Crippen LogP contribution in [0.4, 0.5) is 14.5 Å². The Morgan fingerprint density at radius 2 is 1.94 bits per heavy atom. The Labute approximate surface area is 109 Å². The molecule has 0 bridgehead atoms. The predicted octanol–water partition coefficient (Wildman–Crippen LogP) is 2.32. The van der Waals surface area contributed by atoms with E-state index in [0.29, 0.717) is 6.33 Å². The van der Waals surface area contributed by atoms with Gasteiger partial charge < -0.3 is 5.73 Å². The highest BCUT2D eigenvalue weighted by Gasteiger charge is 2.16. The van der Waals surface area contributed by atoms with Gasteiger partial charge in [0.15, 0.2) is 0 Å². The quantitative estimate of drug-likeness (QED) is 0.865. The van der Waals surface area contributed by atoms with Gasteiger partial charge >= 0.3 is 12.2 Å². The number of nitrogens with zero attached hydrogens (tertiary/aromatic N) is 3. The third-order valence-electron chi connectivity index (χ3n) is 2.20. The summed E-state index contributed by atoms with van der Waals surface area (Å²) in [5.41, 5.74) is 4.78. The molecule has 0 unspecified atom stereocenters. The summed E-state index contributed by atoms with van der Waals surface area (Å²) in [7, 11) is 0. The number of nitrogen functional groups attached to an aromatic ring is 1. The van der Waals surface area contributed by atoms with Crippen molar-refractivity contribution in [2.75, 3.05) is 5.73 Å². The molecule has 2 aromatic rings. The van der Waals surface area contributed by atoms with Gasteiger partial charge in [-0.05, 0) is 12.1 Å². The first-order chi connectivity index (χ1) is 8.41. The zero-order valence-corrected chi connectivity index (χ0v) is 10.2. The van der Waals surface area contributed by atoms with Crippen LogP contribution in [0.2, 0.25) is 10.0 Å². The summed E-state index contributed by atoms with van der Waals surface area (Å²) in [6.45, 7) is -2.98. The van der Waals surface area contributed by atoms with Gasteiger partial charge in [0.25, 0.3) is 0 Å². The van der Waals surface area contributed by atoms with Crippen molar-refractivity contribution in [3.63, 3.8) is 0 Å². The zero-order chi connectivity index (χ0) is 13.4. The van der Waals surface area contributed by atoms with Crippen LogP contribution in [0.5, 0.6) is 0 Å². The summed E-state index contributed by atoms with van der Waals surface area (Å²) >= 11 is 11.6. The van der Waals surface area contributed by atoms with E-state index >= 15 is 0 Å². The molecule has 2 N–H and O–H groups in total. The van der Waals surface area contributed by atoms with Crippen LogP contribution in [-0.2, 0) is 0 Å². The molecular weight excluding hydrogens is 289 g/mol. The Morgan fingerprint density at radius 1 is 1.28 bits per heavy atom. The number of nitrogens with two attached hydrogens (primary N) is 1. The van der Waals surface area contributed by atoms with Gasteiger partial charge in [0.2, 0.25) is 0 Å². The molecule has 18 heavy (non-hydrogen) atoms. The van der Waals surface area contributed by atoms with Crippen molar-refractivity contribution in [1.29, 1.82) is 0 Å². The first-order valence-electron chi connectivity index (χ1n) is 4.61. The number of alkyl halides is 2. The topological polar surface area (TPSA) is 65.8 Å². The molecule has 0 amide bonds. The van der Waals surface area contributed by atoms with Crippen molar-refractivity contribution < 1.29 is 8.78 Å². The summed E-state index contributed by atoms with van der Waals surface area (Å²) in [5, 5.41) is 3.82. The molecular formula is C9H6Cl2F2N4O. The van der Waals surface area contributed by atoms with Gasteiger partial charge in [-0.15, -0.1) is 0 Å². The van der Waals surface area contributed by atoms with Crippen LogP contribution in [0.25, 0.3) is 5.69 Å². The van der Waals surface area contributed by atoms with E-state index in [1.165, 1.54) is 12.1 Å². The minimum absolute atomic E-state index is 0.0795. The van der Waals surface area contributed by atoms with Gasteiger partial charge in [-0.2, -0.15) is 18.6 Å². The largest absolute Gasteiger partial charge is 0.397 e. The van der Waals surface area contributed by atoms with E-state index in [1.807, 2.05) is 0 Å². The van der Waals surface area contributed by atoms with E-state index in [-0.39, 0.29) is 26.0 Å². The van der Waals surface area contributed by atoms with Crippen molar-refractivity contribution in [2.24, 2.45) is 0 Å². The van der Waals surface area contributed by atoms with Crippen molar-refractivity contribution in [1.82, 2.24) is 14.3 Å². The van der Waals surface area contributed by atoms with Crippen molar-refractivity contribution in [2.45, 2.75) is 6.55 Å². The lowest BCUT2D eigenvalue weighted by atomic mass is 10.3. The van der Waals surface area contributed by atoms with Gasteiger partial charge in [-0.25, -0.2) is 9.36 Å². The molecule has 9 heteroatoms. The van der Waals surface area contributed by atoms with E-state index in [1.54, 1.807) is 0 Å². The minimum atomic E-state index is -2.98. The molecule has 0 atom stereocenters. The summed E-state index contributed by atoms with van der Waals surface area (Å²) in [4.78, 5) is 11.6. The smallest absolute Gasteiger partial charge is 0.355 e. The average Bonchev–Trinajstić information content (AvgIpc) is 2.66. The molecule has 0 spiro atoms. The SMILES string of the molecule is Nc1cc(-n2ncn(C(F)F)c2=O)c(Cl)cc1Cl. The van der Waals surface area contributed by atoms with Gasteiger partial charge in [0, 0.05) is 0 Å². The van der Waals surface area contributed by atoms with Gasteiger partial charge in [-0.3, -0.25) is 0 Å². The number of rotatable bonds is 2. The van der Waals surface area contributed by atoms with E-state index in [4.69, 9.17) is 28.9 Å². The van der Waals surface area contributed by atoms with Crippen LogP contribution in [0.1, 0.15) is 6.55 Å². The number of benzene rings is 1. The fourth-order valence-electron chi connectivity index (χ4n) is 1.33. The summed E-state index contributed by atoms with van der Waals surface area (Å²) in [6, 6.07) is 2.59. The summed E-state index contributed by atoms with van der Waals surface area (Å²) < 4.78 is 25.8. The van der Waals surface area contributed by atoms with Crippen LogP contribution in [0.15, 0.2) is 23.3 Å². The first-order valence-corrected chi connectivity index (χ1v) is 5.36. The third kappa shape index (κ3) is 2.06. The number of anilines is 1. The standard InChI is InChI=1S/C9H6Cl2F2N4O/c10-4-1-5(11)7(2-6(4)14)17-9(18)16(3-15-17)8(12)13/h1-3,8H,14H2. The Morgan fingerprint density at radius 3 is 2.50 bits per heavy atom. The number of aromatic nitrogens is 3. The molecule has 1 heterocycles. The van der Waals surface area contributed by atoms with Crippen molar-refractivity contribution >= 4 is 28.9 Å². The second kappa shape index (κ2) is 4.58. The minimum Gasteiger partial charge on any atom is -0.397 e. The van der Waals surface area contributed by atoms with E-state index in [9.17, 15) is 13.6 Å². The fraction of sp³-hybridized carbons (Fsp3) is 0.111.